The smallest absolute Gasteiger partial charge is 0.338 e. The Labute approximate surface area is 186 Å². The molecule has 31 heavy (non-hydrogen) atoms. The van der Waals surface area contributed by atoms with E-state index in [0.29, 0.717) is 11.3 Å². The molecule has 0 aliphatic rings. The van der Waals surface area contributed by atoms with Crippen LogP contribution in [0.1, 0.15) is 40.3 Å². The maximum absolute atomic E-state index is 12.8. The number of ether oxygens (including phenoxy) is 1. The van der Waals surface area contributed by atoms with Gasteiger partial charge in [-0.2, -0.15) is 4.31 Å². The third kappa shape index (κ3) is 4.51. The number of carbonyl (C=O) groups excluding carboxylic acids is 2. The van der Waals surface area contributed by atoms with Crippen LogP contribution in [-0.2, 0) is 14.8 Å². The SMILES string of the molecule is CCN(CC)S(=O)(=O)c1cc(C(=O)OCC(=O)c2c(C)[nH]c3ccccc23)ccc1Cl. The molecular formula is C22H23ClN2O5S. The second-order valence-corrected chi connectivity index (χ2v) is 9.22. The second-order valence-electron chi connectivity index (χ2n) is 6.90. The van der Waals surface area contributed by atoms with Crippen molar-refractivity contribution < 1.29 is 22.7 Å². The van der Waals surface area contributed by atoms with Crippen molar-refractivity contribution in [2.75, 3.05) is 19.7 Å². The molecule has 1 heterocycles. The van der Waals surface area contributed by atoms with Crippen molar-refractivity contribution in [1.82, 2.24) is 9.29 Å². The van der Waals surface area contributed by atoms with Gasteiger partial charge in [0.05, 0.1) is 10.6 Å². The second kappa shape index (κ2) is 9.21. The molecule has 2 aromatic carbocycles. The van der Waals surface area contributed by atoms with Gasteiger partial charge in [0, 0.05) is 35.2 Å². The predicted octanol–water partition coefficient (Wildman–Crippen LogP) is 4.20. The molecule has 3 aromatic rings. The Hall–Kier alpha value is -2.68. The van der Waals surface area contributed by atoms with Crippen LogP contribution in [0.3, 0.4) is 0 Å². The van der Waals surface area contributed by atoms with E-state index < -0.39 is 22.6 Å². The fourth-order valence-corrected chi connectivity index (χ4v) is 5.41. The van der Waals surface area contributed by atoms with Crippen molar-refractivity contribution in [1.29, 1.82) is 0 Å². The summed E-state index contributed by atoms with van der Waals surface area (Å²) in [6.45, 7) is 5.27. The van der Waals surface area contributed by atoms with Crippen LogP contribution in [0.4, 0.5) is 0 Å². The Morgan fingerprint density at radius 2 is 1.77 bits per heavy atom. The van der Waals surface area contributed by atoms with E-state index in [1.165, 1.54) is 22.5 Å². The lowest BCUT2D eigenvalue weighted by molar-refractivity contribution is 0.0474. The molecule has 7 nitrogen and oxygen atoms in total. The fourth-order valence-electron chi connectivity index (χ4n) is 3.45. The van der Waals surface area contributed by atoms with Gasteiger partial charge in [0.1, 0.15) is 4.90 Å². The van der Waals surface area contributed by atoms with E-state index in [-0.39, 0.29) is 34.4 Å². The van der Waals surface area contributed by atoms with Crippen molar-refractivity contribution in [3.05, 3.63) is 64.3 Å². The molecule has 0 amide bonds. The van der Waals surface area contributed by atoms with Crippen LogP contribution < -0.4 is 0 Å². The maximum Gasteiger partial charge on any atom is 0.338 e. The molecule has 1 aromatic heterocycles. The van der Waals surface area contributed by atoms with Crippen molar-refractivity contribution in [2.45, 2.75) is 25.7 Å². The first-order valence-corrected chi connectivity index (χ1v) is 11.6. The van der Waals surface area contributed by atoms with Gasteiger partial charge >= 0.3 is 5.97 Å². The minimum absolute atomic E-state index is 0.00132. The highest BCUT2D eigenvalue weighted by atomic mass is 35.5. The van der Waals surface area contributed by atoms with Gasteiger partial charge in [0.2, 0.25) is 15.8 Å². The van der Waals surface area contributed by atoms with Crippen LogP contribution in [0.15, 0.2) is 47.4 Å². The third-order valence-electron chi connectivity index (χ3n) is 5.00. The molecule has 0 radical (unpaired) electrons. The molecule has 0 unspecified atom stereocenters. The topological polar surface area (TPSA) is 96.5 Å². The van der Waals surface area contributed by atoms with Gasteiger partial charge in [-0.25, -0.2) is 13.2 Å². The summed E-state index contributed by atoms with van der Waals surface area (Å²) in [5, 5.41) is 0.758. The summed E-state index contributed by atoms with van der Waals surface area (Å²) in [6, 6.07) is 11.2. The number of para-hydroxylation sites is 1. The largest absolute Gasteiger partial charge is 0.454 e. The normalized spacial score (nSPS) is 11.8. The van der Waals surface area contributed by atoms with Gasteiger partial charge in [0.25, 0.3) is 0 Å². The van der Waals surface area contributed by atoms with E-state index in [1.807, 2.05) is 24.3 Å². The number of benzene rings is 2. The first kappa shape index (κ1) is 23.0. The van der Waals surface area contributed by atoms with Crippen LogP contribution in [0, 0.1) is 6.92 Å². The van der Waals surface area contributed by atoms with E-state index in [4.69, 9.17) is 16.3 Å². The molecule has 0 saturated heterocycles. The molecule has 1 N–H and O–H groups in total. The number of H-pyrrole nitrogens is 1. The van der Waals surface area contributed by atoms with Gasteiger partial charge in [-0.1, -0.05) is 43.6 Å². The molecule has 0 saturated carbocycles. The highest BCUT2D eigenvalue weighted by Crippen LogP contribution is 2.26. The summed E-state index contributed by atoms with van der Waals surface area (Å²) in [5.74, 6) is -1.16. The standard InChI is InChI=1S/C22H23ClN2O5S/c1-4-25(5-2)31(28,29)20-12-15(10-11-17(20)23)22(27)30-13-19(26)21-14(3)24-18-9-7-6-8-16(18)21/h6-12,24H,4-5,13H2,1-3H3. The van der Waals surface area contributed by atoms with Crippen molar-refractivity contribution >= 4 is 44.3 Å². The number of aromatic amines is 1. The third-order valence-corrected chi connectivity index (χ3v) is 7.53. The number of nitrogens with zero attached hydrogens (tertiary/aromatic N) is 1. The van der Waals surface area contributed by atoms with Crippen LogP contribution in [0.5, 0.6) is 0 Å². The lowest BCUT2D eigenvalue weighted by Crippen LogP contribution is -2.31. The summed E-state index contributed by atoms with van der Waals surface area (Å²) >= 11 is 6.10. The van der Waals surface area contributed by atoms with Crippen LogP contribution in [-0.4, -0.2) is 49.2 Å². The quantitative estimate of drug-likeness (QED) is 0.399. The number of carbonyl (C=O) groups is 2. The monoisotopic (exact) mass is 462 g/mol. The number of ketones is 1. The Balaban J connectivity index is 1.81. The molecule has 0 aliphatic carbocycles. The lowest BCUT2D eigenvalue weighted by Gasteiger charge is -2.19. The number of nitrogens with one attached hydrogen (secondary N) is 1. The zero-order chi connectivity index (χ0) is 22.8. The van der Waals surface area contributed by atoms with Crippen molar-refractivity contribution in [3.63, 3.8) is 0 Å². The van der Waals surface area contributed by atoms with Crippen LogP contribution in [0.2, 0.25) is 5.02 Å². The zero-order valence-electron chi connectivity index (χ0n) is 17.4. The zero-order valence-corrected chi connectivity index (χ0v) is 19.0. The summed E-state index contributed by atoms with van der Waals surface area (Å²) in [6.07, 6.45) is 0. The molecule has 0 aliphatic heterocycles. The molecule has 9 heteroatoms. The van der Waals surface area contributed by atoms with Crippen LogP contribution in [0.25, 0.3) is 10.9 Å². The molecule has 164 valence electrons. The number of halogens is 1. The first-order valence-electron chi connectivity index (χ1n) is 9.78. The van der Waals surface area contributed by atoms with Crippen molar-refractivity contribution in [2.24, 2.45) is 0 Å². The number of Topliss-reactive ketones (excluding diaryl/α,β-unsaturated/α-hetero) is 1. The van der Waals surface area contributed by atoms with Crippen LogP contribution >= 0.6 is 11.6 Å². The van der Waals surface area contributed by atoms with E-state index in [9.17, 15) is 18.0 Å². The van der Waals surface area contributed by atoms with Gasteiger partial charge < -0.3 is 9.72 Å². The first-order chi connectivity index (χ1) is 14.7. The molecule has 3 rings (SSSR count). The van der Waals surface area contributed by atoms with E-state index >= 15 is 0 Å². The fraction of sp³-hybridized carbons (Fsp3) is 0.273. The number of hydrogen-bond acceptors (Lipinski definition) is 5. The summed E-state index contributed by atoms with van der Waals surface area (Å²) in [5.41, 5.74) is 1.96. The van der Waals surface area contributed by atoms with Gasteiger partial charge in [0.15, 0.2) is 6.61 Å². The summed E-state index contributed by atoms with van der Waals surface area (Å²) in [7, 11) is -3.86. The highest BCUT2D eigenvalue weighted by molar-refractivity contribution is 7.89. The number of esters is 1. The van der Waals surface area contributed by atoms with E-state index in [2.05, 4.69) is 4.98 Å². The Kier molecular flexibility index (Phi) is 6.83. The average Bonchev–Trinajstić information content (AvgIpc) is 3.08. The Bertz CT molecular complexity index is 1250. The number of rotatable bonds is 8. The minimum atomic E-state index is -3.86. The molecular weight excluding hydrogens is 440 g/mol. The van der Waals surface area contributed by atoms with E-state index in [0.717, 1.165) is 10.9 Å². The van der Waals surface area contributed by atoms with Gasteiger partial charge in [-0.05, 0) is 31.2 Å². The minimum Gasteiger partial charge on any atom is -0.454 e. The number of sulfonamides is 1. The van der Waals surface area contributed by atoms with E-state index in [1.54, 1.807) is 20.8 Å². The number of hydrogen-bond donors (Lipinski definition) is 1. The number of aromatic nitrogens is 1. The Morgan fingerprint density at radius 3 is 2.45 bits per heavy atom. The lowest BCUT2D eigenvalue weighted by atomic mass is 10.1. The van der Waals surface area contributed by atoms with Gasteiger partial charge in [-0.15, -0.1) is 0 Å². The molecule has 0 bridgehead atoms. The molecule has 0 atom stereocenters. The van der Waals surface area contributed by atoms with Crippen molar-refractivity contribution in [3.8, 4) is 0 Å². The summed E-state index contributed by atoms with van der Waals surface area (Å²) < 4.78 is 32.0. The van der Waals surface area contributed by atoms with Gasteiger partial charge in [-0.3, -0.25) is 4.79 Å². The summed E-state index contributed by atoms with van der Waals surface area (Å²) in [4.78, 5) is 28.2. The number of fused-ring (bicyclic) bond motifs is 1. The highest BCUT2D eigenvalue weighted by Gasteiger charge is 2.26. The average molecular weight is 463 g/mol. The molecule has 0 spiro atoms. The number of aryl methyl sites for hydroxylation is 1. The maximum atomic E-state index is 12.8. The Morgan fingerprint density at radius 1 is 1.10 bits per heavy atom. The predicted molar refractivity (Wildman–Crippen MR) is 119 cm³/mol. The molecule has 0 fully saturated rings.